The Morgan fingerprint density at radius 1 is 1.18 bits per heavy atom. The van der Waals surface area contributed by atoms with Crippen molar-refractivity contribution in [3.05, 3.63) is 70.2 Å². The van der Waals surface area contributed by atoms with Crippen LogP contribution in [0.15, 0.2) is 53.9 Å². The van der Waals surface area contributed by atoms with Gasteiger partial charge in [-0.2, -0.15) is 0 Å². The van der Waals surface area contributed by atoms with Crippen molar-refractivity contribution >= 4 is 28.8 Å². The molecule has 6 heteroatoms. The first-order chi connectivity index (χ1) is 13.7. The quantitative estimate of drug-likeness (QED) is 0.462. The maximum atomic E-state index is 12.5. The second kappa shape index (κ2) is 10.2. The van der Waals surface area contributed by atoms with E-state index in [1.807, 2.05) is 47.8 Å². The summed E-state index contributed by atoms with van der Waals surface area (Å²) in [6.45, 7) is 3.25. The van der Waals surface area contributed by atoms with E-state index in [0.29, 0.717) is 35.9 Å². The molecule has 0 aliphatic carbocycles. The molecule has 3 rings (SSSR count). The molecule has 1 aromatic heterocycles. The molecule has 0 spiro atoms. The van der Waals surface area contributed by atoms with Crippen molar-refractivity contribution in [1.29, 1.82) is 0 Å². The van der Waals surface area contributed by atoms with Crippen LogP contribution in [0, 0.1) is 0 Å². The largest absolute Gasteiger partial charge is 0.493 e. The van der Waals surface area contributed by atoms with Crippen LogP contribution in [0.4, 0.5) is 0 Å². The number of nitrogens with zero attached hydrogens (tertiary/aromatic N) is 1. The minimum Gasteiger partial charge on any atom is -0.493 e. The lowest BCUT2D eigenvalue weighted by Gasteiger charge is -2.11. The fourth-order valence-corrected chi connectivity index (χ4v) is 3.64. The Morgan fingerprint density at radius 2 is 1.96 bits per heavy atom. The molecular weight excluding hydrogens is 392 g/mol. The lowest BCUT2D eigenvalue weighted by molar-refractivity contribution is 0.0950. The number of unbranched alkanes of at least 4 members (excludes halogenated alkanes) is 1. The van der Waals surface area contributed by atoms with Crippen LogP contribution in [-0.4, -0.2) is 24.0 Å². The van der Waals surface area contributed by atoms with Crippen LogP contribution < -0.4 is 10.1 Å². The van der Waals surface area contributed by atoms with Crippen molar-refractivity contribution in [3.63, 3.8) is 0 Å². The first-order valence-electron chi connectivity index (χ1n) is 9.37. The van der Waals surface area contributed by atoms with E-state index >= 15 is 0 Å². The Morgan fingerprint density at radius 3 is 2.75 bits per heavy atom. The predicted molar refractivity (Wildman–Crippen MR) is 115 cm³/mol. The summed E-state index contributed by atoms with van der Waals surface area (Å²) in [5.41, 5.74) is 2.57. The Balaban J connectivity index is 1.54. The van der Waals surface area contributed by atoms with E-state index in [9.17, 15) is 4.79 Å². The summed E-state index contributed by atoms with van der Waals surface area (Å²) >= 11 is 7.52. The van der Waals surface area contributed by atoms with Crippen LogP contribution >= 0.6 is 22.9 Å². The molecule has 0 aliphatic rings. The fourth-order valence-electron chi connectivity index (χ4n) is 2.65. The highest BCUT2D eigenvalue weighted by atomic mass is 35.5. The molecule has 1 N–H and O–H groups in total. The molecular formula is C22H23ClN2O2S. The summed E-state index contributed by atoms with van der Waals surface area (Å²) < 4.78 is 5.74. The summed E-state index contributed by atoms with van der Waals surface area (Å²) in [5, 5.41) is 6.65. The molecule has 1 heterocycles. The molecule has 0 atom stereocenters. The number of rotatable bonds is 9. The fraction of sp³-hybridized carbons (Fsp3) is 0.273. The molecule has 0 unspecified atom stereocenters. The Labute approximate surface area is 174 Å². The highest BCUT2D eigenvalue weighted by Gasteiger charge is 2.12. The van der Waals surface area contributed by atoms with Crippen molar-refractivity contribution in [1.82, 2.24) is 10.3 Å². The molecule has 0 saturated carbocycles. The molecule has 0 bridgehead atoms. The van der Waals surface area contributed by atoms with E-state index in [4.69, 9.17) is 16.3 Å². The number of nitrogens with one attached hydrogen (secondary N) is 1. The summed E-state index contributed by atoms with van der Waals surface area (Å²) in [4.78, 5) is 17.2. The van der Waals surface area contributed by atoms with Crippen LogP contribution in [0.3, 0.4) is 0 Å². The first-order valence-corrected chi connectivity index (χ1v) is 10.6. The van der Waals surface area contributed by atoms with Gasteiger partial charge in [0, 0.05) is 28.9 Å². The van der Waals surface area contributed by atoms with E-state index in [0.717, 1.165) is 29.1 Å². The maximum Gasteiger partial charge on any atom is 0.255 e. The highest BCUT2D eigenvalue weighted by Crippen LogP contribution is 2.25. The number of hydrogen-bond donors (Lipinski definition) is 1. The number of halogens is 1. The van der Waals surface area contributed by atoms with Crippen LogP contribution in [0.5, 0.6) is 5.75 Å². The van der Waals surface area contributed by atoms with E-state index < -0.39 is 0 Å². The minimum absolute atomic E-state index is 0.125. The lowest BCUT2D eigenvalue weighted by atomic mass is 10.2. The van der Waals surface area contributed by atoms with E-state index in [1.54, 1.807) is 17.4 Å². The molecule has 0 saturated heterocycles. The zero-order valence-electron chi connectivity index (χ0n) is 15.8. The zero-order valence-corrected chi connectivity index (χ0v) is 17.4. The number of carbonyl (C=O) groups is 1. The van der Waals surface area contributed by atoms with Gasteiger partial charge < -0.3 is 10.1 Å². The van der Waals surface area contributed by atoms with E-state index in [1.165, 1.54) is 0 Å². The third-order valence-electron chi connectivity index (χ3n) is 4.20. The molecule has 146 valence electrons. The summed E-state index contributed by atoms with van der Waals surface area (Å²) in [6, 6.07) is 15.0. The van der Waals surface area contributed by atoms with Gasteiger partial charge in [-0.25, -0.2) is 4.98 Å². The molecule has 4 nitrogen and oxygen atoms in total. The Hall–Kier alpha value is -2.37. The number of hydrogen-bond acceptors (Lipinski definition) is 4. The highest BCUT2D eigenvalue weighted by molar-refractivity contribution is 7.13. The predicted octanol–water partition coefficient (Wildman–Crippen LogP) is 5.61. The van der Waals surface area contributed by atoms with Gasteiger partial charge >= 0.3 is 0 Å². The molecule has 1 amide bonds. The van der Waals surface area contributed by atoms with Gasteiger partial charge in [0.05, 0.1) is 17.9 Å². The van der Waals surface area contributed by atoms with Gasteiger partial charge in [-0.05, 0) is 30.7 Å². The van der Waals surface area contributed by atoms with Crippen molar-refractivity contribution in [2.75, 3.05) is 13.2 Å². The summed E-state index contributed by atoms with van der Waals surface area (Å²) in [5.74, 6) is 0.507. The van der Waals surface area contributed by atoms with Gasteiger partial charge in [-0.3, -0.25) is 4.79 Å². The molecule has 2 aromatic carbocycles. The summed E-state index contributed by atoms with van der Waals surface area (Å²) in [7, 11) is 0. The van der Waals surface area contributed by atoms with Crippen LogP contribution in [0.1, 0.15) is 35.8 Å². The van der Waals surface area contributed by atoms with Crippen molar-refractivity contribution in [2.24, 2.45) is 0 Å². The second-order valence-electron chi connectivity index (χ2n) is 6.35. The van der Waals surface area contributed by atoms with Crippen LogP contribution in [0.2, 0.25) is 5.02 Å². The second-order valence-corrected chi connectivity index (χ2v) is 7.65. The number of amides is 1. The topological polar surface area (TPSA) is 51.2 Å². The number of ether oxygens (including phenoxy) is 1. The average Bonchev–Trinajstić information content (AvgIpc) is 3.18. The third kappa shape index (κ3) is 5.57. The molecule has 0 aliphatic heterocycles. The number of thiazole rings is 1. The van der Waals surface area contributed by atoms with Gasteiger partial charge in [-0.15, -0.1) is 11.3 Å². The zero-order chi connectivity index (χ0) is 19.8. The minimum atomic E-state index is -0.125. The van der Waals surface area contributed by atoms with Gasteiger partial charge in [0.1, 0.15) is 10.8 Å². The van der Waals surface area contributed by atoms with Gasteiger partial charge in [0.2, 0.25) is 0 Å². The SMILES string of the molecule is CCCCOc1ccccc1C(=O)NCCc1csc(-c2ccc(Cl)cc2)n1. The third-order valence-corrected chi connectivity index (χ3v) is 5.39. The standard InChI is InChI=1S/C22H23ClN2O2S/c1-2-3-14-27-20-7-5-4-6-19(20)21(26)24-13-12-18-15-28-22(25-18)16-8-10-17(23)11-9-16/h4-11,15H,2-3,12-14H2,1H3,(H,24,26). The molecule has 28 heavy (non-hydrogen) atoms. The molecule has 0 radical (unpaired) electrons. The number of para-hydroxylation sites is 1. The number of carbonyl (C=O) groups excluding carboxylic acids is 1. The van der Waals surface area contributed by atoms with Crippen LogP contribution in [0.25, 0.3) is 10.6 Å². The smallest absolute Gasteiger partial charge is 0.255 e. The lowest BCUT2D eigenvalue weighted by Crippen LogP contribution is -2.26. The van der Waals surface area contributed by atoms with Crippen molar-refractivity contribution in [3.8, 4) is 16.3 Å². The first kappa shape index (κ1) is 20.4. The van der Waals surface area contributed by atoms with E-state index in [-0.39, 0.29) is 5.91 Å². The van der Waals surface area contributed by atoms with E-state index in [2.05, 4.69) is 17.2 Å². The monoisotopic (exact) mass is 414 g/mol. The number of benzene rings is 2. The Bertz CT molecular complexity index is 909. The van der Waals surface area contributed by atoms with Gasteiger partial charge in [0.15, 0.2) is 0 Å². The maximum absolute atomic E-state index is 12.5. The van der Waals surface area contributed by atoms with Gasteiger partial charge in [-0.1, -0.05) is 49.2 Å². The van der Waals surface area contributed by atoms with Crippen LogP contribution in [-0.2, 0) is 6.42 Å². The Kier molecular flexibility index (Phi) is 7.46. The molecule has 0 fully saturated rings. The average molecular weight is 415 g/mol. The number of aromatic nitrogens is 1. The normalized spacial score (nSPS) is 10.6. The summed E-state index contributed by atoms with van der Waals surface area (Å²) in [6.07, 6.45) is 2.70. The van der Waals surface area contributed by atoms with Crippen molar-refractivity contribution < 1.29 is 9.53 Å². The molecule has 3 aromatic rings. The van der Waals surface area contributed by atoms with Gasteiger partial charge in [0.25, 0.3) is 5.91 Å². The van der Waals surface area contributed by atoms with Crippen molar-refractivity contribution in [2.45, 2.75) is 26.2 Å².